The van der Waals surface area contributed by atoms with Crippen molar-refractivity contribution < 1.29 is 14.1 Å². The zero-order valence-electron chi connectivity index (χ0n) is 12.8. The summed E-state index contributed by atoms with van der Waals surface area (Å²) in [6.07, 6.45) is 1.35. The van der Waals surface area contributed by atoms with Crippen LogP contribution >= 0.6 is 15.9 Å². The van der Waals surface area contributed by atoms with Crippen LogP contribution in [-0.2, 0) is 4.79 Å². The van der Waals surface area contributed by atoms with Crippen molar-refractivity contribution in [2.75, 3.05) is 14.1 Å². The van der Waals surface area contributed by atoms with E-state index in [2.05, 4.69) is 15.9 Å². The van der Waals surface area contributed by atoms with Gasteiger partial charge in [-0.05, 0) is 34.1 Å². The van der Waals surface area contributed by atoms with Crippen LogP contribution in [0.5, 0.6) is 0 Å². The first-order valence-corrected chi connectivity index (χ1v) is 7.50. The lowest BCUT2D eigenvalue weighted by atomic mass is 10.1. The van der Waals surface area contributed by atoms with Gasteiger partial charge >= 0.3 is 0 Å². The fraction of sp³-hybridized carbons (Fsp3) is 0.125. The molecule has 1 amide bonds. The first kappa shape index (κ1) is 17.4. The molecule has 0 atom stereocenters. The Balaban J connectivity index is 2.36. The van der Waals surface area contributed by atoms with Crippen molar-refractivity contribution in [3.63, 3.8) is 0 Å². The van der Waals surface area contributed by atoms with E-state index < -0.39 is 10.8 Å². The summed E-state index contributed by atoms with van der Waals surface area (Å²) in [6, 6.07) is 9.42. The molecule has 0 fully saturated rings. The van der Waals surface area contributed by atoms with Gasteiger partial charge < -0.3 is 9.32 Å². The molecule has 2 rings (SSSR count). The van der Waals surface area contributed by atoms with E-state index in [0.717, 1.165) is 0 Å². The van der Waals surface area contributed by atoms with Gasteiger partial charge in [-0.25, -0.2) is 0 Å². The number of amides is 1. The van der Waals surface area contributed by atoms with Crippen LogP contribution in [0.15, 0.2) is 44.8 Å². The first-order valence-electron chi connectivity index (χ1n) is 6.71. The molecule has 0 saturated heterocycles. The van der Waals surface area contributed by atoms with Gasteiger partial charge in [0.15, 0.2) is 0 Å². The van der Waals surface area contributed by atoms with Gasteiger partial charge in [-0.2, -0.15) is 5.26 Å². The van der Waals surface area contributed by atoms with Crippen molar-refractivity contribution in [3.8, 4) is 17.4 Å². The van der Waals surface area contributed by atoms with Gasteiger partial charge in [-0.1, -0.05) is 0 Å². The summed E-state index contributed by atoms with van der Waals surface area (Å²) in [5.74, 6) is 0.367. The van der Waals surface area contributed by atoms with Crippen LogP contribution in [-0.4, -0.2) is 29.8 Å². The van der Waals surface area contributed by atoms with Crippen molar-refractivity contribution in [1.29, 1.82) is 5.26 Å². The first-order chi connectivity index (χ1) is 11.3. The second-order valence-corrected chi connectivity index (χ2v) is 5.85. The summed E-state index contributed by atoms with van der Waals surface area (Å²) in [6.45, 7) is 0. The number of nitro benzene ring substituents is 1. The molecule has 2 aromatic rings. The van der Waals surface area contributed by atoms with Gasteiger partial charge in [0.25, 0.3) is 11.6 Å². The maximum absolute atomic E-state index is 11.8. The van der Waals surface area contributed by atoms with Gasteiger partial charge in [-0.15, -0.1) is 0 Å². The lowest BCUT2D eigenvalue weighted by Gasteiger charge is -2.07. The third kappa shape index (κ3) is 3.70. The Morgan fingerprint density at radius 1 is 1.38 bits per heavy atom. The second-order valence-electron chi connectivity index (χ2n) is 4.99. The Bertz CT molecular complexity index is 878. The Labute approximate surface area is 146 Å². The van der Waals surface area contributed by atoms with Crippen LogP contribution < -0.4 is 0 Å². The van der Waals surface area contributed by atoms with Crippen LogP contribution in [0.1, 0.15) is 5.76 Å². The molecule has 122 valence electrons. The number of nitriles is 1. The summed E-state index contributed by atoms with van der Waals surface area (Å²) < 4.78 is 6.12. The number of carbonyl (C=O) groups excluding carboxylic acids is 1. The molecule has 0 unspecified atom stereocenters. The molecule has 0 N–H and O–H groups in total. The number of furan rings is 1. The molecule has 1 aromatic carbocycles. The number of halogens is 1. The number of non-ortho nitro benzene ring substituents is 1. The number of nitro groups is 1. The molecule has 0 bridgehead atoms. The SMILES string of the molecule is CN(C)C(=O)/C(C#N)=C/c1ccc(-c2ccc([N+](=O)[O-])cc2Br)o1. The van der Waals surface area contributed by atoms with E-state index in [4.69, 9.17) is 9.68 Å². The largest absolute Gasteiger partial charge is 0.457 e. The predicted octanol–water partition coefficient (Wildman–Crippen LogP) is 3.61. The number of hydrogen-bond donors (Lipinski definition) is 0. The number of nitrogens with zero attached hydrogens (tertiary/aromatic N) is 3. The van der Waals surface area contributed by atoms with E-state index in [-0.39, 0.29) is 11.3 Å². The minimum absolute atomic E-state index is 0.0411. The summed E-state index contributed by atoms with van der Waals surface area (Å²) in [5.41, 5.74) is 0.530. The zero-order chi connectivity index (χ0) is 17.9. The van der Waals surface area contributed by atoms with E-state index in [1.54, 1.807) is 32.3 Å². The maximum Gasteiger partial charge on any atom is 0.270 e. The number of hydrogen-bond acceptors (Lipinski definition) is 5. The van der Waals surface area contributed by atoms with Crippen LogP contribution in [0.25, 0.3) is 17.4 Å². The highest BCUT2D eigenvalue weighted by atomic mass is 79.9. The minimum Gasteiger partial charge on any atom is -0.457 e. The molecule has 0 aliphatic heterocycles. The lowest BCUT2D eigenvalue weighted by molar-refractivity contribution is -0.384. The van der Waals surface area contributed by atoms with Gasteiger partial charge in [0.05, 0.1) is 4.92 Å². The molecular weight excluding hydrogens is 378 g/mol. The van der Waals surface area contributed by atoms with Crippen molar-refractivity contribution in [1.82, 2.24) is 4.90 Å². The third-order valence-electron chi connectivity index (χ3n) is 3.10. The molecule has 0 spiro atoms. The Kier molecular flexibility index (Phi) is 5.16. The summed E-state index contributed by atoms with van der Waals surface area (Å²) >= 11 is 3.28. The predicted molar refractivity (Wildman–Crippen MR) is 90.8 cm³/mol. The molecule has 1 aromatic heterocycles. The van der Waals surface area contributed by atoms with Gasteiger partial charge in [0, 0.05) is 42.3 Å². The molecule has 0 aliphatic carbocycles. The molecule has 0 aliphatic rings. The average Bonchev–Trinajstić information content (AvgIpc) is 2.99. The molecule has 0 saturated carbocycles. The standard InChI is InChI=1S/C16H12BrN3O4/c1-19(2)16(21)10(9-18)7-12-4-6-15(24-12)13-5-3-11(20(22)23)8-14(13)17/h3-8H,1-2H3/b10-7+. The lowest BCUT2D eigenvalue weighted by Crippen LogP contribution is -2.22. The van der Waals surface area contributed by atoms with Crippen molar-refractivity contribution in [2.45, 2.75) is 0 Å². The average molecular weight is 390 g/mol. The van der Waals surface area contributed by atoms with Crippen molar-refractivity contribution >= 4 is 33.6 Å². The van der Waals surface area contributed by atoms with E-state index in [9.17, 15) is 14.9 Å². The van der Waals surface area contributed by atoms with Crippen molar-refractivity contribution in [2.24, 2.45) is 0 Å². The van der Waals surface area contributed by atoms with E-state index in [0.29, 0.717) is 21.6 Å². The summed E-state index contributed by atoms with van der Waals surface area (Å²) in [4.78, 5) is 23.4. The number of benzene rings is 1. The number of likely N-dealkylation sites (N-methyl/N-ethyl adjacent to an activating group) is 1. The topological polar surface area (TPSA) is 100 Å². The van der Waals surface area contributed by atoms with Crippen LogP contribution in [0.4, 0.5) is 5.69 Å². The maximum atomic E-state index is 11.8. The van der Waals surface area contributed by atoms with Crippen LogP contribution in [0, 0.1) is 21.4 Å². The Hall–Kier alpha value is -2.92. The quantitative estimate of drug-likeness (QED) is 0.344. The molecule has 1 heterocycles. The Morgan fingerprint density at radius 2 is 2.08 bits per heavy atom. The molecule has 24 heavy (non-hydrogen) atoms. The molecule has 8 heteroatoms. The second kappa shape index (κ2) is 7.10. The van der Waals surface area contributed by atoms with E-state index >= 15 is 0 Å². The molecular formula is C16H12BrN3O4. The monoisotopic (exact) mass is 389 g/mol. The summed E-state index contributed by atoms with van der Waals surface area (Å²) in [5, 5.41) is 19.8. The highest BCUT2D eigenvalue weighted by molar-refractivity contribution is 9.10. The van der Waals surface area contributed by atoms with Gasteiger partial charge in [0.2, 0.25) is 0 Å². The number of carbonyl (C=O) groups is 1. The Morgan fingerprint density at radius 3 is 2.62 bits per heavy atom. The van der Waals surface area contributed by atoms with Gasteiger partial charge in [0.1, 0.15) is 23.2 Å². The van der Waals surface area contributed by atoms with Crippen molar-refractivity contribution in [3.05, 3.63) is 56.3 Å². The van der Waals surface area contributed by atoms with E-state index in [1.807, 2.05) is 6.07 Å². The molecule has 7 nitrogen and oxygen atoms in total. The fourth-order valence-electron chi connectivity index (χ4n) is 1.92. The highest BCUT2D eigenvalue weighted by Crippen LogP contribution is 2.32. The fourth-order valence-corrected chi connectivity index (χ4v) is 2.48. The third-order valence-corrected chi connectivity index (χ3v) is 3.76. The minimum atomic E-state index is -0.489. The van der Waals surface area contributed by atoms with E-state index in [1.165, 1.54) is 23.1 Å². The smallest absolute Gasteiger partial charge is 0.270 e. The number of rotatable bonds is 4. The van der Waals surface area contributed by atoms with Crippen LogP contribution in [0.2, 0.25) is 0 Å². The normalized spacial score (nSPS) is 11.0. The summed E-state index contributed by atoms with van der Waals surface area (Å²) in [7, 11) is 3.10. The zero-order valence-corrected chi connectivity index (χ0v) is 14.4. The van der Waals surface area contributed by atoms with Crippen LogP contribution in [0.3, 0.4) is 0 Å². The van der Waals surface area contributed by atoms with Gasteiger partial charge in [-0.3, -0.25) is 14.9 Å². The highest BCUT2D eigenvalue weighted by Gasteiger charge is 2.15. The molecule has 0 radical (unpaired) electrons.